The minimum Gasteiger partial charge on any atom is -0.491 e. The van der Waals surface area contributed by atoms with Gasteiger partial charge in [0.1, 0.15) is 12.4 Å². The van der Waals surface area contributed by atoms with Crippen LogP contribution in [0.25, 0.3) is 0 Å². The van der Waals surface area contributed by atoms with E-state index < -0.39 is 0 Å². The Morgan fingerprint density at radius 1 is 1.47 bits per heavy atom. The monoisotopic (exact) mass is 205 g/mol. The van der Waals surface area contributed by atoms with Crippen molar-refractivity contribution in [2.45, 2.75) is 25.8 Å². The molecule has 3 nitrogen and oxygen atoms in total. The number of hydrogen-bond acceptors (Lipinski definition) is 2. The first kappa shape index (κ1) is 10.0. The molecule has 1 heterocycles. The second kappa shape index (κ2) is 4.34. The van der Waals surface area contributed by atoms with E-state index in [-0.39, 0.29) is 11.9 Å². The lowest BCUT2D eigenvalue weighted by Crippen LogP contribution is -2.36. The van der Waals surface area contributed by atoms with Crippen LogP contribution < -0.4 is 10.1 Å². The lowest BCUT2D eigenvalue weighted by Gasteiger charge is -2.13. The number of rotatable bonds is 2. The van der Waals surface area contributed by atoms with Crippen molar-refractivity contribution in [3.63, 3.8) is 0 Å². The highest BCUT2D eigenvalue weighted by Gasteiger charge is 2.21. The second-order valence-electron chi connectivity index (χ2n) is 3.77. The molecule has 0 saturated heterocycles. The number of ether oxygens (including phenoxy) is 1. The van der Waals surface area contributed by atoms with Gasteiger partial charge in [-0.2, -0.15) is 0 Å². The molecule has 1 aromatic rings. The van der Waals surface area contributed by atoms with E-state index in [1.54, 1.807) is 6.07 Å². The summed E-state index contributed by atoms with van der Waals surface area (Å²) in [7, 11) is 0. The summed E-state index contributed by atoms with van der Waals surface area (Å²) in [6.45, 7) is 2.67. The van der Waals surface area contributed by atoms with Gasteiger partial charge in [0.25, 0.3) is 5.91 Å². The van der Waals surface area contributed by atoms with Gasteiger partial charge in [-0.25, -0.2) is 0 Å². The van der Waals surface area contributed by atoms with Crippen molar-refractivity contribution in [2.24, 2.45) is 0 Å². The second-order valence-corrected chi connectivity index (χ2v) is 3.77. The Morgan fingerprint density at radius 3 is 3.07 bits per heavy atom. The van der Waals surface area contributed by atoms with Crippen LogP contribution in [0.1, 0.15) is 30.1 Å². The third-order valence-corrected chi connectivity index (χ3v) is 2.54. The highest BCUT2D eigenvalue weighted by Crippen LogP contribution is 2.21. The highest BCUT2D eigenvalue weighted by atomic mass is 16.5. The SMILES string of the molecule is CCCC1COc2ccccc2C(=O)N1. The van der Waals surface area contributed by atoms with Crippen LogP contribution in [0.2, 0.25) is 0 Å². The van der Waals surface area contributed by atoms with Gasteiger partial charge < -0.3 is 10.1 Å². The highest BCUT2D eigenvalue weighted by molar-refractivity contribution is 5.97. The average molecular weight is 205 g/mol. The standard InChI is InChI=1S/C12H15NO2/c1-2-5-9-8-15-11-7-4-3-6-10(11)12(14)13-9/h3-4,6-7,9H,2,5,8H2,1H3,(H,13,14). The van der Waals surface area contributed by atoms with Crippen LogP contribution in [0.4, 0.5) is 0 Å². The van der Waals surface area contributed by atoms with E-state index >= 15 is 0 Å². The molecule has 1 aliphatic heterocycles. The molecule has 3 heteroatoms. The zero-order valence-corrected chi connectivity index (χ0v) is 8.82. The summed E-state index contributed by atoms with van der Waals surface area (Å²) in [5, 5.41) is 2.97. The maximum atomic E-state index is 11.8. The van der Waals surface area contributed by atoms with Gasteiger partial charge >= 0.3 is 0 Å². The number of nitrogens with one attached hydrogen (secondary N) is 1. The molecule has 80 valence electrons. The van der Waals surface area contributed by atoms with Crippen LogP contribution in [-0.2, 0) is 0 Å². The Hall–Kier alpha value is -1.51. The van der Waals surface area contributed by atoms with Gasteiger partial charge in [-0.3, -0.25) is 4.79 Å². The molecule has 0 aliphatic carbocycles. The van der Waals surface area contributed by atoms with Crippen LogP contribution in [0.15, 0.2) is 24.3 Å². The van der Waals surface area contributed by atoms with Crippen LogP contribution in [0.5, 0.6) is 5.75 Å². The Labute approximate surface area is 89.4 Å². The molecular weight excluding hydrogens is 190 g/mol. The summed E-state index contributed by atoms with van der Waals surface area (Å²) >= 11 is 0. The lowest BCUT2D eigenvalue weighted by atomic mass is 10.1. The molecule has 1 N–H and O–H groups in total. The molecule has 1 amide bonds. The fourth-order valence-electron chi connectivity index (χ4n) is 1.78. The molecule has 1 aliphatic rings. The fraction of sp³-hybridized carbons (Fsp3) is 0.417. The summed E-state index contributed by atoms with van der Waals surface area (Å²) in [6.07, 6.45) is 2.00. The molecule has 1 atom stereocenters. The van der Waals surface area contributed by atoms with Crippen molar-refractivity contribution in [2.75, 3.05) is 6.61 Å². The van der Waals surface area contributed by atoms with E-state index in [0.29, 0.717) is 17.9 Å². The van der Waals surface area contributed by atoms with Crippen LogP contribution in [-0.4, -0.2) is 18.6 Å². The summed E-state index contributed by atoms with van der Waals surface area (Å²) in [6, 6.07) is 7.49. The number of amides is 1. The van der Waals surface area contributed by atoms with Crippen LogP contribution in [0.3, 0.4) is 0 Å². The Bertz CT molecular complexity index is 362. The summed E-state index contributed by atoms with van der Waals surface area (Å²) in [5.74, 6) is 0.662. The van der Waals surface area contributed by atoms with Crippen molar-refractivity contribution < 1.29 is 9.53 Å². The first-order valence-corrected chi connectivity index (χ1v) is 5.34. The first-order valence-electron chi connectivity index (χ1n) is 5.34. The van der Waals surface area contributed by atoms with E-state index in [2.05, 4.69) is 12.2 Å². The van der Waals surface area contributed by atoms with Gasteiger partial charge in [0.2, 0.25) is 0 Å². The van der Waals surface area contributed by atoms with Crippen molar-refractivity contribution in [1.82, 2.24) is 5.32 Å². The van der Waals surface area contributed by atoms with E-state index in [1.165, 1.54) is 0 Å². The summed E-state index contributed by atoms with van der Waals surface area (Å²) in [4.78, 5) is 11.8. The molecular formula is C12H15NO2. The molecule has 0 radical (unpaired) electrons. The third kappa shape index (κ3) is 2.12. The molecule has 0 aromatic heterocycles. The largest absolute Gasteiger partial charge is 0.491 e. The molecule has 0 fully saturated rings. The van der Waals surface area contributed by atoms with Gasteiger partial charge in [0, 0.05) is 0 Å². The third-order valence-electron chi connectivity index (χ3n) is 2.54. The molecule has 15 heavy (non-hydrogen) atoms. The summed E-state index contributed by atoms with van der Waals surface area (Å²) in [5.41, 5.74) is 0.635. The molecule has 0 saturated carbocycles. The minimum absolute atomic E-state index is 0.0263. The van der Waals surface area contributed by atoms with Gasteiger partial charge in [0.05, 0.1) is 11.6 Å². The number of benzene rings is 1. The average Bonchev–Trinajstić information content (AvgIpc) is 2.40. The Morgan fingerprint density at radius 2 is 2.27 bits per heavy atom. The van der Waals surface area contributed by atoms with Crippen molar-refractivity contribution in [1.29, 1.82) is 0 Å². The smallest absolute Gasteiger partial charge is 0.255 e. The van der Waals surface area contributed by atoms with Crippen molar-refractivity contribution in [3.05, 3.63) is 29.8 Å². The number of para-hydroxylation sites is 1. The number of fused-ring (bicyclic) bond motifs is 1. The predicted molar refractivity (Wildman–Crippen MR) is 58.1 cm³/mol. The van der Waals surface area contributed by atoms with Gasteiger partial charge in [-0.15, -0.1) is 0 Å². The van der Waals surface area contributed by atoms with Crippen molar-refractivity contribution >= 4 is 5.91 Å². The van der Waals surface area contributed by atoms with E-state index in [9.17, 15) is 4.79 Å². The van der Waals surface area contributed by atoms with E-state index in [1.807, 2.05) is 18.2 Å². The number of carbonyl (C=O) groups is 1. The van der Waals surface area contributed by atoms with E-state index in [0.717, 1.165) is 12.8 Å². The first-order chi connectivity index (χ1) is 7.31. The summed E-state index contributed by atoms with van der Waals surface area (Å²) < 4.78 is 5.60. The lowest BCUT2D eigenvalue weighted by molar-refractivity contribution is 0.0936. The molecule has 1 aromatic carbocycles. The fourth-order valence-corrected chi connectivity index (χ4v) is 1.78. The van der Waals surface area contributed by atoms with Gasteiger partial charge in [0.15, 0.2) is 0 Å². The molecule has 0 bridgehead atoms. The maximum Gasteiger partial charge on any atom is 0.255 e. The normalized spacial score (nSPS) is 19.8. The van der Waals surface area contributed by atoms with Crippen LogP contribution in [0, 0.1) is 0 Å². The predicted octanol–water partition coefficient (Wildman–Crippen LogP) is 1.98. The van der Waals surface area contributed by atoms with Gasteiger partial charge in [-0.05, 0) is 18.6 Å². The quantitative estimate of drug-likeness (QED) is 0.801. The zero-order chi connectivity index (χ0) is 10.7. The zero-order valence-electron chi connectivity index (χ0n) is 8.82. The molecule has 2 rings (SSSR count). The topological polar surface area (TPSA) is 38.3 Å². The Kier molecular flexibility index (Phi) is 2.90. The van der Waals surface area contributed by atoms with Crippen LogP contribution >= 0.6 is 0 Å². The minimum atomic E-state index is -0.0263. The number of hydrogen-bond donors (Lipinski definition) is 1. The van der Waals surface area contributed by atoms with Gasteiger partial charge in [-0.1, -0.05) is 25.5 Å². The van der Waals surface area contributed by atoms with E-state index in [4.69, 9.17) is 4.74 Å². The molecule has 1 unspecified atom stereocenters. The molecule has 0 spiro atoms. The number of carbonyl (C=O) groups excluding carboxylic acids is 1. The van der Waals surface area contributed by atoms with Crippen molar-refractivity contribution in [3.8, 4) is 5.75 Å². The maximum absolute atomic E-state index is 11.8. The Balaban J connectivity index is 2.21.